The molecule has 1 atom stereocenters. The summed E-state index contributed by atoms with van der Waals surface area (Å²) in [7, 11) is 0. The van der Waals surface area contributed by atoms with Gasteiger partial charge >= 0.3 is 5.97 Å². The number of hydrogen-bond acceptors (Lipinski definition) is 5. The topological polar surface area (TPSA) is 74.1 Å². The summed E-state index contributed by atoms with van der Waals surface area (Å²) in [4.78, 5) is 24.7. The number of rotatable bonds is 4. The molecule has 1 aliphatic rings. The van der Waals surface area contributed by atoms with Crippen molar-refractivity contribution in [2.75, 3.05) is 0 Å². The van der Waals surface area contributed by atoms with Crippen molar-refractivity contribution in [1.82, 2.24) is 15.0 Å². The van der Waals surface area contributed by atoms with E-state index in [0.29, 0.717) is 10.9 Å². The van der Waals surface area contributed by atoms with Crippen molar-refractivity contribution in [2.24, 2.45) is 0 Å². The number of hydrogen-bond donors (Lipinski definition) is 0. The molecule has 0 spiro atoms. The van der Waals surface area contributed by atoms with Gasteiger partial charge in [-0.2, -0.15) is 0 Å². The lowest BCUT2D eigenvalue weighted by Crippen LogP contribution is -2.26. The number of ether oxygens (including phenoxy) is 1. The van der Waals surface area contributed by atoms with Gasteiger partial charge in [-0.05, 0) is 42.5 Å². The van der Waals surface area contributed by atoms with Crippen LogP contribution < -0.4 is 5.56 Å². The van der Waals surface area contributed by atoms with Gasteiger partial charge in [-0.3, -0.25) is 9.59 Å². The molecule has 1 aromatic heterocycles. The van der Waals surface area contributed by atoms with Gasteiger partial charge in [-0.15, -0.1) is 5.10 Å². The maximum atomic E-state index is 12.4. The Labute approximate surface area is 150 Å². The quantitative estimate of drug-likeness (QED) is 0.677. The minimum atomic E-state index is -0.325. The number of aryl methyl sites for hydroxylation is 2. The van der Waals surface area contributed by atoms with Gasteiger partial charge in [0.05, 0.1) is 18.4 Å². The molecule has 6 heteroatoms. The lowest BCUT2D eigenvalue weighted by Gasteiger charge is -2.25. The molecule has 1 unspecified atom stereocenters. The molecule has 1 aliphatic carbocycles. The normalized spacial score (nSPS) is 16.2. The largest absolute Gasteiger partial charge is 0.457 e. The number of carbonyl (C=O) groups excluding carboxylic acids is 1. The van der Waals surface area contributed by atoms with Gasteiger partial charge in [0, 0.05) is 0 Å². The molecule has 0 fully saturated rings. The highest BCUT2D eigenvalue weighted by atomic mass is 16.5. The molecule has 2 aromatic carbocycles. The van der Waals surface area contributed by atoms with Crippen molar-refractivity contribution in [3.05, 3.63) is 70.0 Å². The van der Waals surface area contributed by atoms with Crippen LogP contribution in [-0.2, 0) is 22.5 Å². The van der Waals surface area contributed by atoms with Crippen molar-refractivity contribution < 1.29 is 9.53 Å². The zero-order chi connectivity index (χ0) is 17.9. The van der Waals surface area contributed by atoms with Crippen LogP contribution in [-0.4, -0.2) is 21.0 Å². The van der Waals surface area contributed by atoms with Crippen molar-refractivity contribution in [3.63, 3.8) is 0 Å². The van der Waals surface area contributed by atoms with E-state index in [4.69, 9.17) is 4.74 Å². The third kappa shape index (κ3) is 3.22. The Balaban J connectivity index is 1.44. The molecule has 6 nitrogen and oxygen atoms in total. The van der Waals surface area contributed by atoms with E-state index in [1.807, 2.05) is 18.2 Å². The summed E-state index contributed by atoms with van der Waals surface area (Å²) in [5, 5.41) is 8.43. The second kappa shape index (κ2) is 7.07. The molecular formula is C20H19N3O3. The van der Waals surface area contributed by atoms with E-state index >= 15 is 0 Å². The van der Waals surface area contributed by atoms with Crippen LogP contribution in [0, 0.1) is 0 Å². The van der Waals surface area contributed by atoms with Gasteiger partial charge < -0.3 is 4.74 Å². The van der Waals surface area contributed by atoms with Crippen LogP contribution in [0.5, 0.6) is 0 Å². The third-order valence-corrected chi connectivity index (χ3v) is 4.75. The fraction of sp³-hybridized carbons (Fsp3) is 0.300. The number of fused-ring (bicyclic) bond motifs is 2. The second-order valence-corrected chi connectivity index (χ2v) is 6.45. The van der Waals surface area contributed by atoms with Crippen molar-refractivity contribution in [1.29, 1.82) is 0 Å². The van der Waals surface area contributed by atoms with Gasteiger partial charge in [0.15, 0.2) is 0 Å². The van der Waals surface area contributed by atoms with Crippen LogP contribution in [0.1, 0.15) is 36.5 Å². The summed E-state index contributed by atoms with van der Waals surface area (Å²) in [6.07, 6.45) is 2.74. The summed E-state index contributed by atoms with van der Waals surface area (Å²) >= 11 is 0. The average molecular weight is 349 g/mol. The van der Waals surface area contributed by atoms with Gasteiger partial charge in [0.1, 0.15) is 11.6 Å². The van der Waals surface area contributed by atoms with E-state index < -0.39 is 0 Å². The lowest BCUT2D eigenvalue weighted by atomic mass is 9.89. The summed E-state index contributed by atoms with van der Waals surface area (Å²) in [6.45, 7) is 0.157. The molecule has 0 bridgehead atoms. The number of benzene rings is 2. The highest BCUT2D eigenvalue weighted by molar-refractivity contribution is 5.76. The SMILES string of the molecule is O=C(CCn1nnc2ccccc2c1=O)OC1CCCc2ccccc21. The molecule has 3 aromatic rings. The van der Waals surface area contributed by atoms with Crippen LogP contribution in [0.15, 0.2) is 53.3 Å². The molecule has 1 heterocycles. The van der Waals surface area contributed by atoms with Crippen LogP contribution in [0.25, 0.3) is 10.9 Å². The average Bonchev–Trinajstić information content (AvgIpc) is 2.68. The fourth-order valence-electron chi connectivity index (χ4n) is 3.42. The Morgan fingerprint density at radius 1 is 1.15 bits per heavy atom. The van der Waals surface area contributed by atoms with Crippen molar-refractivity contribution in [2.45, 2.75) is 38.3 Å². The van der Waals surface area contributed by atoms with Crippen molar-refractivity contribution >= 4 is 16.9 Å². The number of aromatic nitrogens is 3. The standard InChI is InChI=1S/C20H19N3O3/c24-19(26-18-11-5-7-14-6-1-2-8-15(14)18)12-13-23-20(25)16-9-3-4-10-17(16)21-22-23/h1-4,6,8-10,18H,5,7,11-13H2. The highest BCUT2D eigenvalue weighted by Gasteiger charge is 2.23. The minimum Gasteiger partial charge on any atom is -0.457 e. The zero-order valence-corrected chi connectivity index (χ0v) is 14.3. The van der Waals surface area contributed by atoms with Gasteiger partial charge in [-0.1, -0.05) is 41.6 Å². The van der Waals surface area contributed by atoms with E-state index in [1.54, 1.807) is 24.3 Å². The van der Waals surface area contributed by atoms with E-state index in [0.717, 1.165) is 24.8 Å². The van der Waals surface area contributed by atoms with E-state index in [2.05, 4.69) is 16.4 Å². The number of nitrogens with zero attached hydrogens (tertiary/aromatic N) is 3. The molecule has 0 saturated heterocycles. The molecule has 0 saturated carbocycles. The van der Waals surface area contributed by atoms with Gasteiger partial charge in [0.2, 0.25) is 0 Å². The minimum absolute atomic E-state index is 0.0889. The van der Waals surface area contributed by atoms with E-state index in [-0.39, 0.29) is 30.6 Å². The predicted molar refractivity (Wildman–Crippen MR) is 96.6 cm³/mol. The van der Waals surface area contributed by atoms with Gasteiger partial charge in [0.25, 0.3) is 5.56 Å². The highest BCUT2D eigenvalue weighted by Crippen LogP contribution is 2.32. The summed E-state index contributed by atoms with van der Waals surface area (Å²) in [5.41, 5.74) is 2.64. The molecule has 0 N–H and O–H groups in total. The first-order chi connectivity index (χ1) is 12.7. The molecule has 4 rings (SSSR count). The first kappa shape index (κ1) is 16.4. The second-order valence-electron chi connectivity index (χ2n) is 6.45. The number of carbonyl (C=O) groups is 1. The zero-order valence-electron chi connectivity index (χ0n) is 14.3. The van der Waals surface area contributed by atoms with Gasteiger partial charge in [-0.25, -0.2) is 4.68 Å². The Hall–Kier alpha value is -3.02. The van der Waals surface area contributed by atoms with Crippen molar-refractivity contribution in [3.8, 4) is 0 Å². The van der Waals surface area contributed by atoms with Crippen LogP contribution >= 0.6 is 0 Å². The predicted octanol–water partition coefficient (Wildman–Crippen LogP) is 2.80. The maximum absolute atomic E-state index is 12.4. The third-order valence-electron chi connectivity index (χ3n) is 4.75. The summed E-state index contributed by atoms with van der Waals surface area (Å²) in [6, 6.07) is 15.1. The first-order valence-electron chi connectivity index (χ1n) is 8.82. The molecule has 0 amide bonds. The van der Waals surface area contributed by atoms with Crippen LogP contribution in [0.3, 0.4) is 0 Å². The van der Waals surface area contributed by atoms with Crippen LogP contribution in [0.2, 0.25) is 0 Å². The smallest absolute Gasteiger partial charge is 0.308 e. The molecule has 132 valence electrons. The molecule has 0 radical (unpaired) electrons. The monoisotopic (exact) mass is 349 g/mol. The van der Waals surface area contributed by atoms with Crippen LogP contribution in [0.4, 0.5) is 0 Å². The summed E-state index contributed by atoms with van der Waals surface area (Å²) < 4.78 is 6.89. The Morgan fingerprint density at radius 3 is 2.88 bits per heavy atom. The Morgan fingerprint density at radius 2 is 1.96 bits per heavy atom. The Kier molecular flexibility index (Phi) is 4.48. The summed E-state index contributed by atoms with van der Waals surface area (Å²) in [5.74, 6) is -0.325. The fourth-order valence-corrected chi connectivity index (χ4v) is 3.42. The van der Waals surface area contributed by atoms with E-state index in [9.17, 15) is 9.59 Å². The first-order valence-corrected chi connectivity index (χ1v) is 8.82. The molecule has 26 heavy (non-hydrogen) atoms. The van der Waals surface area contributed by atoms with E-state index in [1.165, 1.54) is 10.2 Å². The molecule has 0 aliphatic heterocycles. The lowest BCUT2D eigenvalue weighted by molar-refractivity contribution is -0.150. The Bertz CT molecular complexity index is 1010. The maximum Gasteiger partial charge on any atom is 0.308 e. The molecular weight excluding hydrogens is 330 g/mol. The number of esters is 1.